The molecule has 1 aliphatic carbocycles. The Hall–Kier alpha value is -3.08. The van der Waals surface area contributed by atoms with E-state index in [1.807, 2.05) is 23.1 Å². The summed E-state index contributed by atoms with van der Waals surface area (Å²) in [4.78, 5) is 34.7. The van der Waals surface area contributed by atoms with E-state index in [0.717, 1.165) is 93.8 Å². The number of ether oxygens (including phenoxy) is 1. The van der Waals surface area contributed by atoms with Gasteiger partial charge in [-0.25, -0.2) is 19.9 Å². The second kappa shape index (κ2) is 13.3. The van der Waals surface area contributed by atoms with Gasteiger partial charge in [0.05, 0.1) is 13.0 Å². The first-order chi connectivity index (χ1) is 19.1. The molecule has 2 aliphatic rings. The van der Waals surface area contributed by atoms with Crippen molar-refractivity contribution in [1.29, 1.82) is 0 Å². The number of aromatic nitrogens is 4. The normalized spacial score (nSPS) is 20.2. The van der Waals surface area contributed by atoms with Crippen LogP contribution in [0.15, 0.2) is 36.8 Å². The van der Waals surface area contributed by atoms with E-state index in [2.05, 4.69) is 35.5 Å². The third-order valence-corrected chi connectivity index (χ3v) is 7.99. The molecule has 0 unspecified atom stereocenters. The van der Waals surface area contributed by atoms with E-state index in [1.54, 1.807) is 25.7 Å². The van der Waals surface area contributed by atoms with Gasteiger partial charge in [0.15, 0.2) is 5.15 Å². The first kappa shape index (κ1) is 27.5. The van der Waals surface area contributed by atoms with Crippen LogP contribution in [0.3, 0.4) is 0 Å². The minimum atomic E-state index is 0.134. The molecular formula is C28H37ClN8O2. The van der Waals surface area contributed by atoms with Crippen LogP contribution in [-0.2, 0) is 16.0 Å². The number of fused-ring (bicyclic) bond motifs is 1. The quantitative estimate of drug-likeness (QED) is 0.365. The topological polar surface area (TPSA) is 108 Å². The Morgan fingerprint density at radius 3 is 2.56 bits per heavy atom. The van der Waals surface area contributed by atoms with Gasteiger partial charge in [0.1, 0.15) is 11.3 Å². The first-order valence-electron chi connectivity index (χ1n) is 13.8. The number of nitrogens with one attached hydrogen (secondary N) is 2. The number of amides is 1. The highest BCUT2D eigenvalue weighted by atomic mass is 35.5. The lowest BCUT2D eigenvalue weighted by Gasteiger charge is -2.34. The van der Waals surface area contributed by atoms with E-state index in [-0.39, 0.29) is 5.91 Å². The molecule has 5 rings (SSSR count). The number of nitrogens with zero attached hydrogens (tertiary/aromatic N) is 6. The van der Waals surface area contributed by atoms with Crippen LogP contribution in [0, 0.1) is 5.92 Å². The van der Waals surface area contributed by atoms with Crippen molar-refractivity contribution in [3.63, 3.8) is 0 Å². The molecule has 0 radical (unpaired) electrons. The summed E-state index contributed by atoms with van der Waals surface area (Å²) >= 11 is 6.22. The zero-order valence-electron chi connectivity index (χ0n) is 22.5. The first-order valence-corrected chi connectivity index (χ1v) is 14.2. The predicted octanol–water partition coefficient (Wildman–Crippen LogP) is 3.49. The van der Waals surface area contributed by atoms with Crippen molar-refractivity contribution in [1.82, 2.24) is 29.7 Å². The second-order valence-electron chi connectivity index (χ2n) is 10.4. The zero-order chi connectivity index (χ0) is 27.0. The molecule has 208 valence electrons. The third kappa shape index (κ3) is 7.52. The Labute approximate surface area is 234 Å². The summed E-state index contributed by atoms with van der Waals surface area (Å²) in [6.45, 7) is 5.77. The van der Waals surface area contributed by atoms with Gasteiger partial charge in [0, 0.05) is 76.4 Å². The maximum Gasteiger partial charge on any atom is 0.227 e. The van der Waals surface area contributed by atoms with E-state index >= 15 is 0 Å². The summed E-state index contributed by atoms with van der Waals surface area (Å²) in [5, 5.41) is 8.37. The van der Waals surface area contributed by atoms with Gasteiger partial charge in [-0.1, -0.05) is 11.6 Å². The summed E-state index contributed by atoms with van der Waals surface area (Å²) in [5.74, 6) is 2.16. The molecule has 2 N–H and O–H groups in total. The molecule has 0 bridgehead atoms. The van der Waals surface area contributed by atoms with Gasteiger partial charge < -0.3 is 20.3 Å². The monoisotopic (exact) mass is 552 g/mol. The number of hydrogen-bond donors (Lipinski definition) is 2. The molecule has 3 aromatic heterocycles. The molecule has 1 amide bonds. The molecule has 4 heterocycles. The smallest absolute Gasteiger partial charge is 0.227 e. The number of rotatable bonds is 10. The van der Waals surface area contributed by atoms with Gasteiger partial charge in [0.2, 0.25) is 11.9 Å². The fourth-order valence-electron chi connectivity index (χ4n) is 5.31. The lowest BCUT2D eigenvalue weighted by molar-refractivity contribution is -0.132. The van der Waals surface area contributed by atoms with Crippen molar-refractivity contribution in [3.8, 4) is 0 Å². The van der Waals surface area contributed by atoms with Crippen molar-refractivity contribution < 1.29 is 9.53 Å². The van der Waals surface area contributed by atoms with Crippen LogP contribution in [0.4, 0.5) is 11.8 Å². The molecule has 0 atom stereocenters. The van der Waals surface area contributed by atoms with E-state index in [9.17, 15) is 4.79 Å². The molecule has 3 aromatic rings. The molecule has 2 fully saturated rings. The maximum atomic E-state index is 12.7. The Balaban J connectivity index is 1.02. The minimum Gasteiger partial charge on any atom is -0.383 e. The van der Waals surface area contributed by atoms with Crippen LogP contribution >= 0.6 is 11.6 Å². The second-order valence-corrected chi connectivity index (χ2v) is 10.8. The van der Waals surface area contributed by atoms with Gasteiger partial charge in [0.25, 0.3) is 0 Å². The van der Waals surface area contributed by atoms with Crippen molar-refractivity contribution in [2.45, 2.75) is 38.1 Å². The van der Waals surface area contributed by atoms with Crippen molar-refractivity contribution in [3.05, 3.63) is 47.5 Å². The maximum absolute atomic E-state index is 12.7. The number of piperazine rings is 1. The van der Waals surface area contributed by atoms with Gasteiger partial charge in [-0.2, -0.15) is 0 Å². The highest BCUT2D eigenvalue weighted by Gasteiger charge is 2.23. The minimum absolute atomic E-state index is 0.134. The Bertz CT molecular complexity index is 1230. The number of methoxy groups -OCH3 is 1. The van der Waals surface area contributed by atoms with Gasteiger partial charge in [-0.05, 0) is 55.4 Å². The predicted molar refractivity (Wildman–Crippen MR) is 153 cm³/mol. The molecule has 39 heavy (non-hydrogen) atoms. The molecule has 1 saturated carbocycles. The standard InChI is InChI=1S/C28H37ClN8O2/c1-39-15-14-36-10-12-37(13-11-36)25(38)16-21-18-32-28(33-19-21)31-17-20-2-5-23(6-3-20)34-24-7-4-22-8-9-30-27(29)26(22)35-24/h4,7-9,18-20,23H,2-3,5-6,10-17H2,1H3,(H,34,35)(H,31,32,33). The molecule has 11 heteroatoms. The summed E-state index contributed by atoms with van der Waals surface area (Å²) in [7, 11) is 1.72. The van der Waals surface area contributed by atoms with Crippen LogP contribution in [0.5, 0.6) is 0 Å². The highest BCUT2D eigenvalue weighted by Crippen LogP contribution is 2.28. The number of carbonyl (C=O) groups is 1. The van der Waals surface area contributed by atoms with Crippen LogP contribution in [0.25, 0.3) is 10.9 Å². The fourth-order valence-corrected chi connectivity index (χ4v) is 5.52. The summed E-state index contributed by atoms with van der Waals surface area (Å²) < 4.78 is 5.15. The number of anilines is 2. The number of pyridine rings is 2. The Kier molecular flexibility index (Phi) is 9.39. The van der Waals surface area contributed by atoms with E-state index in [1.165, 1.54) is 0 Å². The molecule has 1 saturated heterocycles. The summed E-state index contributed by atoms with van der Waals surface area (Å²) in [6.07, 6.45) is 9.96. The van der Waals surface area contributed by atoms with Crippen LogP contribution in [-0.4, -0.2) is 94.7 Å². The van der Waals surface area contributed by atoms with Crippen LogP contribution in [0.2, 0.25) is 5.15 Å². The molecule has 1 aliphatic heterocycles. The van der Waals surface area contributed by atoms with Crippen molar-refractivity contribution in [2.75, 3.05) is 63.6 Å². The third-order valence-electron chi connectivity index (χ3n) is 7.71. The largest absolute Gasteiger partial charge is 0.383 e. The van der Waals surface area contributed by atoms with Gasteiger partial charge in [-0.3, -0.25) is 9.69 Å². The van der Waals surface area contributed by atoms with Gasteiger partial charge in [-0.15, -0.1) is 0 Å². The average Bonchev–Trinajstić information content (AvgIpc) is 2.97. The van der Waals surface area contributed by atoms with E-state index in [4.69, 9.17) is 16.3 Å². The van der Waals surface area contributed by atoms with Gasteiger partial charge >= 0.3 is 0 Å². The SMILES string of the molecule is COCCN1CCN(C(=O)Cc2cnc(NCC3CCC(Nc4ccc5ccnc(Cl)c5n4)CC3)nc2)CC1. The van der Waals surface area contributed by atoms with Crippen LogP contribution in [0.1, 0.15) is 31.2 Å². The molecule has 10 nitrogen and oxygen atoms in total. The summed E-state index contributed by atoms with van der Waals surface area (Å²) in [6, 6.07) is 6.34. The number of halogens is 1. The van der Waals surface area contributed by atoms with Crippen LogP contribution < -0.4 is 10.6 Å². The molecule has 0 aromatic carbocycles. The molecule has 0 spiro atoms. The van der Waals surface area contributed by atoms with E-state index in [0.29, 0.717) is 29.5 Å². The fraction of sp³-hybridized carbons (Fsp3) is 0.536. The summed E-state index contributed by atoms with van der Waals surface area (Å²) in [5.41, 5.74) is 1.58. The Morgan fingerprint density at radius 1 is 1.05 bits per heavy atom. The Morgan fingerprint density at radius 2 is 1.82 bits per heavy atom. The lowest BCUT2D eigenvalue weighted by Crippen LogP contribution is -2.49. The lowest BCUT2D eigenvalue weighted by atomic mass is 9.86. The van der Waals surface area contributed by atoms with Crippen molar-refractivity contribution in [2.24, 2.45) is 5.92 Å². The highest BCUT2D eigenvalue weighted by molar-refractivity contribution is 6.33. The van der Waals surface area contributed by atoms with Crippen molar-refractivity contribution >= 4 is 40.2 Å². The zero-order valence-corrected chi connectivity index (χ0v) is 23.2. The van der Waals surface area contributed by atoms with E-state index < -0.39 is 0 Å². The molecular weight excluding hydrogens is 516 g/mol. The average molecular weight is 553 g/mol. The number of hydrogen-bond acceptors (Lipinski definition) is 9. The number of carbonyl (C=O) groups excluding carboxylic acids is 1.